The lowest BCUT2D eigenvalue weighted by Crippen LogP contribution is -2.51. The molecule has 0 spiro atoms. The normalized spacial score (nSPS) is 12.1. The van der Waals surface area contributed by atoms with Gasteiger partial charge in [0.2, 0.25) is 5.91 Å². The summed E-state index contributed by atoms with van der Waals surface area (Å²) in [6, 6.07) is 11.0. The smallest absolute Gasteiger partial charge is 0.307 e. The summed E-state index contributed by atoms with van der Waals surface area (Å²) in [6.07, 6.45) is 0.0789. The van der Waals surface area contributed by atoms with Crippen LogP contribution in [0.5, 0.6) is 0 Å². The highest BCUT2D eigenvalue weighted by Crippen LogP contribution is 2.22. The molecule has 0 bridgehead atoms. The van der Waals surface area contributed by atoms with E-state index in [1.54, 1.807) is 18.4 Å². The number of amides is 1. The first-order valence-electron chi connectivity index (χ1n) is 9.97. The summed E-state index contributed by atoms with van der Waals surface area (Å²) in [5.74, 6) is -0.224. The Morgan fingerprint density at radius 1 is 1.31 bits per heavy atom. The van der Waals surface area contributed by atoms with E-state index in [2.05, 4.69) is 15.5 Å². The number of ether oxygens (including phenoxy) is 2. The number of nitrogens with zero attached hydrogens (tertiary/aromatic N) is 4. The number of hydrogen-bond acceptors (Lipinski definition) is 9. The van der Waals surface area contributed by atoms with E-state index in [9.17, 15) is 9.59 Å². The third-order valence-electron chi connectivity index (χ3n) is 4.38. The Kier molecular flexibility index (Phi) is 9.64. The Morgan fingerprint density at radius 3 is 2.66 bits per heavy atom. The van der Waals surface area contributed by atoms with Gasteiger partial charge in [0.1, 0.15) is 6.04 Å². The molecule has 2 aromatic rings. The SMILES string of the molecule is COC(=O)CCn1c(SCC#N)nnc1C(COCc1ccccc1)NC(=O)C(C)(C)N. The van der Waals surface area contributed by atoms with Crippen molar-refractivity contribution >= 4 is 23.6 Å². The van der Waals surface area contributed by atoms with Gasteiger partial charge in [-0.3, -0.25) is 9.59 Å². The third-order valence-corrected chi connectivity index (χ3v) is 5.21. The summed E-state index contributed by atoms with van der Waals surface area (Å²) in [5, 5.41) is 20.6. The molecule has 172 valence electrons. The summed E-state index contributed by atoms with van der Waals surface area (Å²) in [5.41, 5.74) is 5.82. The van der Waals surface area contributed by atoms with Crippen molar-refractivity contribution in [3.63, 3.8) is 0 Å². The lowest BCUT2D eigenvalue weighted by molar-refractivity contribution is -0.141. The zero-order valence-corrected chi connectivity index (χ0v) is 19.2. The van der Waals surface area contributed by atoms with Gasteiger partial charge in [0.25, 0.3) is 0 Å². The van der Waals surface area contributed by atoms with Crippen LogP contribution in [0.2, 0.25) is 0 Å². The monoisotopic (exact) mass is 460 g/mol. The fraction of sp³-hybridized carbons (Fsp3) is 0.476. The van der Waals surface area contributed by atoms with Gasteiger partial charge in [0.05, 0.1) is 44.1 Å². The second-order valence-electron chi connectivity index (χ2n) is 7.51. The third kappa shape index (κ3) is 7.64. The highest BCUT2D eigenvalue weighted by molar-refractivity contribution is 7.99. The van der Waals surface area contributed by atoms with Crippen LogP contribution >= 0.6 is 11.8 Å². The zero-order valence-electron chi connectivity index (χ0n) is 18.4. The summed E-state index contributed by atoms with van der Waals surface area (Å²) >= 11 is 1.19. The van der Waals surface area contributed by atoms with Crippen molar-refractivity contribution in [3.05, 3.63) is 41.7 Å². The van der Waals surface area contributed by atoms with Gasteiger partial charge in [0, 0.05) is 6.54 Å². The average molecular weight is 461 g/mol. The molecule has 1 aromatic carbocycles. The molecule has 1 aromatic heterocycles. The van der Waals surface area contributed by atoms with Gasteiger partial charge in [-0.1, -0.05) is 42.1 Å². The van der Waals surface area contributed by atoms with E-state index >= 15 is 0 Å². The lowest BCUT2D eigenvalue weighted by Gasteiger charge is -2.24. The van der Waals surface area contributed by atoms with Crippen molar-refractivity contribution in [1.29, 1.82) is 5.26 Å². The largest absolute Gasteiger partial charge is 0.469 e. The van der Waals surface area contributed by atoms with E-state index in [0.717, 1.165) is 5.56 Å². The molecule has 1 atom stereocenters. The summed E-state index contributed by atoms with van der Waals surface area (Å²) < 4.78 is 12.3. The number of nitrogens with two attached hydrogens (primary N) is 1. The predicted molar refractivity (Wildman–Crippen MR) is 118 cm³/mol. The Balaban J connectivity index is 2.28. The van der Waals surface area contributed by atoms with Crippen molar-refractivity contribution in [3.8, 4) is 6.07 Å². The van der Waals surface area contributed by atoms with Gasteiger partial charge < -0.3 is 25.1 Å². The van der Waals surface area contributed by atoms with Crippen LogP contribution in [0.25, 0.3) is 0 Å². The molecule has 0 saturated heterocycles. The fourth-order valence-corrected chi connectivity index (χ4v) is 3.30. The molecule has 0 aliphatic heterocycles. The average Bonchev–Trinajstić information content (AvgIpc) is 3.17. The van der Waals surface area contributed by atoms with Gasteiger partial charge >= 0.3 is 5.97 Å². The van der Waals surface area contributed by atoms with Crippen molar-refractivity contribution in [2.24, 2.45) is 5.73 Å². The molecule has 10 nitrogen and oxygen atoms in total. The first-order chi connectivity index (χ1) is 15.3. The number of methoxy groups -OCH3 is 1. The number of rotatable bonds is 12. The molecule has 0 aliphatic rings. The van der Waals surface area contributed by atoms with Gasteiger partial charge in [-0.15, -0.1) is 10.2 Å². The van der Waals surface area contributed by atoms with Crippen LogP contribution in [0.3, 0.4) is 0 Å². The van der Waals surface area contributed by atoms with Gasteiger partial charge in [0.15, 0.2) is 11.0 Å². The van der Waals surface area contributed by atoms with Crippen LogP contribution in [0, 0.1) is 11.3 Å². The number of carbonyl (C=O) groups is 2. The molecular weight excluding hydrogens is 432 g/mol. The molecule has 1 heterocycles. The predicted octanol–water partition coefficient (Wildman–Crippen LogP) is 1.57. The molecule has 3 N–H and O–H groups in total. The second-order valence-corrected chi connectivity index (χ2v) is 8.46. The lowest BCUT2D eigenvalue weighted by atomic mass is 10.1. The Bertz CT molecular complexity index is 936. The molecule has 0 radical (unpaired) electrons. The Morgan fingerprint density at radius 2 is 2.03 bits per heavy atom. The molecule has 1 unspecified atom stereocenters. The molecule has 11 heteroatoms. The number of aromatic nitrogens is 3. The quantitative estimate of drug-likeness (QED) is 0.356. The van der Waals surface area contributed by atoms with Crippen LogP contribution in [-0.2, 0) is 32.2 Å². The highest BCUT2D eigenvalue weighted by atomic mass is 32.2. The van der Waals surface area contributed by atoms with Gasteiger partial charge in [-0.2, -0.15) is 5.26 Å². The molecule has 1 amide bonds. The minimum atomic E-state index is -1.12. The van der Waals surface area contributed by atoms with E-state index in [0.29, 0.717) is 17.6 Å². The molecule has 0 fully saturated rings. The Hall–Kier alpha value is -2.94. The zero-order chi connectivity index (χ0) is 23.6. The van der Waals surface area contributed by atoms with E-state index in [1.807, 2.05) is 36.4 Å². The van der Waals surface area contributed by atoms with E-state index in [1.165, 1.54) is 18.9 Å². The maximum atomic E-state index is 12.6. The van der Waals surface area contributed by atoms with Crippen LogP contribution in [0.4, 0.5) is 0 Å². The fourth-order valence-electron chi connectivity index (χ4n) is 2.67. The van der Waals surface area contributed by atoms with Crippen LogP contribution in [0.1, 0.15) is 37.7 Å². The standard InChI is InChI=1S/C21H28N6O4S/c1-21(2,23)19(29)24-16(14-31-13-15-7-5-4-6-8-15)18-25-26-20(32-12-10-22)27(18)11-9-17(28)30-3/h4-8,16H,9,11-14,23H2,1-3H3,(H,24,29). The van der Waals surface area contributed by atoms with E-state index < -0.39 is 17.6 Å². The number of thioether (sulfide) groups is 1. The van der Waals surface area contributed by atoms with Crippen molar-refractivity contribution in [1.82, 2.24) is 20.1 Å². The van der Waals surface area contributed by atoms with E-state index in [4.69, 9.17) is 20.5 Å². The first-order valence-corrected chi connectivity index (χ1v) is 11.0. The van der Waals surface area contributed by atoms with Crippen LogP contribution < -0.4 is 11.1 Å². The first kappa shape index (κ1) is 25.3. The van der Waals surface area contributed by atoms with Crippen molar-refractivity contribution < 1.29 is 19.1 Å². The number of esters is 1. The summed E-state index contributed by atoms with van der Waals surface area (Å²) in [7, 11) is 1.31. The Labute approximate surface area is 191 Å². The van der Waals surface area contributed by atoms with Crippen molar-refractivity contribution in [2.75, 3.05) is 19.5 Å². The molecule has 0 saturated carbocycles. The molecule has 0 aliphatic carbocycles. The topological polar surface area (TPSA) is 145 Å². The molecule has 32 heavy (non-hydrogen) atoms. The van der Waals surface area contributed by atoms with Gasteiger partial charge in [-0.05, 0) is 19.4 Å². The molecular formula is C21H28N6O4S. The van der Waals surface area contributed by atoms with Crippen molar-refractivity contribution in [2.45, 2.75) is 50.2 Å². The minimum Gasteiger partial charge on any atom is -0.469 e. The summed E-state index contributed by atoms with van der Waals surface area (Å²) in [4.78, 5) is 24.3. The maximum Gasteiger partial charge on any atom is 0.307 e. The number of carbonyl (C=O) groups excluding carboxylic acids is 2. The van der Waals surface area contributed by atoms with E-state index in [-0.39, 0.29) is 31.2 Å². The number of hydrogen-bond donors (Lipinski definition) is 2. The molecule has 2 rings (SSSR count). The number of benzene rings is 1. The van der Waals surface area contributed by atoms with Crippen LogP contribution in [-0.4, -0.2) is 51.6 Å². The number of nitrogens with one attached hydrogen (secondary N) is 1. The summed E-state index contributed by atoms with van der Waals surface area (Å²) in [6.45, 7) is 3.86. The highest BCUT2D eigenvalue weighted by Gasteiger charge is 2.29. The maximum absolute atomic E-state index is 12.6. The minimum absolute atomic E-state index is 0.0789. The van der Waals surface area contributed by atoms with Gasteiger partial charge in [-0.25, -0.2) is 0 Å². The van der Waals surface area contributed by atoms with Crippen LogP contribution in [0.15, 0.2) is 35.5 Å². The number of nitriles is 1. The second kappa shape index (κ2) is 12.2.